The molecule has 2 aromatic rings. The van der Waals surface area contributed by atoms with Crippen LogP contribution in [0.4, 0.5) is 11.5 Å². The van der Waals surface area contributed by atoms with Crippen molar-refractivity contribution >= 4 is 23.1 Å². The van der Waals surface area contributed by atoms with E-state index in [0.717, 1.165) is 25.9 Å². The number of aromatic nitrogens is 3. The summed E-state index contributed by atoms with van der Waals surface area (Å²) in [5, 5.41) is 15.2. The van der Waals surface area contributed by atoms with Crippen molar-refractivity contribution in [2.24, 2.45) is 13.0 Å². The molecule has 1 atom stereocenters. The second kappa shape index (κ2) is 5.92. The van der Waals surface area contributed by atoms with Crippen molar-refractivity contribution in [3.05, 3.63) is 45.4 Å². The molecule has 1 aliphatic heterocycles. The Kier molecular flexibility index (Phi) is 3.98. The number of nitro groups is 1. The number of hydrogen-bond donors (Lipinski definition) is 0. The van der Waals surface area contributed by atoms with E-state index in [-0.39, 0.29) is 5.69 Å². The van der Waals surface area contributed by atoms with Gasteiger partial charge < -0.3 is 4.90 Å². The molecule has 1 aliphatic rings. The highest BCUT2D eigenvalue weighted by Gasteiger charge is 2.26. The van der Waals surface area contributed by atoms with Crippen molar-refractivity contribution in [2.75, 3.05) is 18.0 Å². The predicted molar refractivity (Wildman–Crippen MR) is 83.1 cm³/mol. The Morgan fingerprint density at radius 1 is 1.50 bits per heavy atom. The second-order valence-corrected chi connectivity index (χ2v) is 5.99. The number of rotatable bonds is 4. The summed E-state index contributed by atoms with van der Waals surface area (Å²) in [6, 6.07) is 1.36. The van der Waals surface area contributed by atoms with Gasteiger partial charge >= 0.3 is 0 Å². The molecule has 1 fully saturated rings. The van der Waals surface area contributed by atoms with Gasteiger partial charge in [0, 0.05) is 32.4 Å². The number of pyridine rings is 1. The highest BCUT2D eigenvalue weighted by molar-refractivity contribution is 6.33. The number of anilines is 1. The van der Waals surface area contributed by atoms with Crippen molar-refractivity contribution in [3.8, 4) is 0 Å². The zero-order valence-corrected chi connectivity index (χ0v) is 12.9. The molecule has 3 heterocycles. The molecular weight excluding hydrogens is 306 g/mol. The quantitative estimate of drug-likeness (QED) is 0.638. The molecule has 1 unspecified atom stereocenters. The van der Waals surface area contributed by atoms with Crippen LogP contribution in [0.5, 0.6) is 0 Å². The summed E-state index contributed by atoms with van der Waals surface area (Å²) in [6.07, 6.45) is 7.19. The van der Waals surface area contributed by atoms with Crippen LogP contribution in [-0.2, 0) is 13.5 Å². The van der Waals surface area contributed by atoms with Crippen LogP contribution in [0.1, 0.15) is 12.0 Å². The average Bonchev–Trinajstić information content (AvgIpc) is 3.08. The third kappa shape index (κ3) is 3.04. The minimum Gasteiger partial charge on any atom is -0.355 e. The van der Waals surface area contributed by atoms with E-state index in [0.29, 0.717) is 16.8 Å². The van der Waals surface area contributed by atoms with Gasteiger partial charge in [0.2, 0.25) is 0 Å². The molecule has 0 aliphatic carbocycles. The number of halogens is 1. The van der Waals surface area contributed by atoms with Crippen molar-refractivity contribution in [1.82, 2.24) is 14.8 Å². The van der Waals surface area contributed by atoms with Crippen molar-refractivity contribution in [1.29, 1.82) is 0 Å². The summed E-state index contributed by atoms with van der Waals surface area (Å²) in [4.78, 5) is 16.5. The number of hydrogen-bond acceptors (Lipinski definition) is 5. The lowest BCUT2D eigenvalue weighted by Gasteiger charge is -2.18. The maximum absolute atomic E-state index is 10.7. The molecule has 8 heteroatoms. The van der Waals surface area contributed by atoms with Crippen LogP contribution in [0.15, 0.2) is 24.7 Å². The van der Waals surface area contributed by atoms with Gasteiger partial charge in [-0.3, -0.25) is 14.8 Å². The molecule has 0 amide bonds. The Hall–Kier alpha value is -2.15. The summed E-state index contributed by atoms with van der Waals surface area (Å²) in [7, 11) is 1.91. The Bertz CT molecular complexity index is 702. The molecule has 0 N–H and O–H groups in total. The van der Waals surface area contributed by atoms with E-state index in [2.05, 4.69) is 15.0 Å². The summed E-state index contributed by atoms with van der Waals surface area (Å²) >= 11 is 6.14. The maximum Gasteiger partial charge on any atom is 0.289 e. The summed E-state index contributed by atoms with van der Waals surface area (Å²) in [5.74, 6) is 1.14. The lowest BCUT2D eigenvalue weighted by molar-refractivity contribution is -0.385. The van der Waals surface area contributed by atoms with Crippen LogP contribution in [0.2, 0.25) is 5.02 Å². The first kappa shape index (κ1) is 14.8. The van der Waals surface area contributed by atoms with Crippen LogP contribution in [0.25, 0.3) is 0 Å². The maximum atomic E-state index is 10.7. The van der Waals surface area contributed by atoms with Crippen molar-refractivity contribution in [3.63, 3.8) is 0 Å². The lowest BCUT2D eigenvalue weighted by Crippen LogP contribution is -2.21. The fourth-order valence-electron chi connectivity index (χ4n) is 2.86. The van der Waals surface area contributed by atoms with Gasteiger partial charge in [-0.05, 0) is 24.3 Å². The van der Waals surface area contributed by atoms with Gasteiger partial charge in [-0.1, -0.05) is 11.6 Å². The molecule has 2 aromatic heterocycles. The minimum absolute atomic E-state index is 0.0835. The fraction of sp³-hybridized carbons (Fsp3) is 0.429. The zero-order valence-electron chi connectivity index (χ0n) is 12.1. The standard InChI is InChI=1S/C14H16ClN5O2/c1-18-8-11(6-17-18)4-10-2-3-19(9-10)14-13(15)5-12(7-16-14)20(21)22/h5-8,10H,2-4,9H2,1H3. The van der Waals surface area contributed by atoms with Crippen molar-refractivity contribution in [2.45, 2.75) is 12.8 Å². The molecule has 0 aromatic carbocycles. The van der Waals surface area contributed by atoms with E-state index in [9.17, 15) is 10.1 Å². The first-order valence-electron chi connectivity index (χ1n) is 7.05. The normalized spacial score (nSPS) is 17.9. The van der Waals surface area contributed by atoms with E-state index in [1.165, 1.54) is 17.8 Å². The van der Waals surface area contributed by atoms with Gasteiger partial charge in [-0.15, -0.1) is 0 Å². The SMILES string of the molecule is Cn1cc(CC2CCN(c3ncc([N+](=O)[O-])cc3Cl)C2)cn1. The monoisotopic (exact) mass is 321 g/mol. The van der Waals surface area contributed by atoms with E-state index in [1.807, 2.05) is 19.4 Å². The topological polar surface area (TPSA) is 77.1 Å². The Balaban J connectivity index is 1.68. The van der Waals surface area contributed by atoms with Gasteiger partial charge in [0.1, 0.15) is 12.0 Å². The van der Waals surface area contributed by atoms with Gasteiger partial charge in [0.25, 0.3) is 5.69 Å². The first-order valence-corrected chi connectivity index (χ1v) is 7.43. The molecule has 22 heavy (non-hydrogen) atoms. The van der Waals surface area contributed by atoms with Crippen LogP contribution < -0.4 is 4.90 Å². The molecule has 0 saturated carbocycles. The van der Waals surface area contributed by atoms with Gasteiger partial charge in [0.15, 0.2) is 0 Å². The van der Waals surface area contributed by atoms with E-state index in [4.69, 9.17) is 11.6 Å². The summed E-state index contributed by atoms with van der Waals surface area (Å²) in [6.45, 7) is 1.70. The molecule has 0 radical (unpaired) electrons. The highest BCUT2D eigenvalue weighted by atomic mass is 35.5. The largest absolute Gasteiger partial charge is 0.355 e. The second-order valence-electron chi connectivity index (χ2n) is 5.58. The third-order valence-corrected chi connectivity index (χ3v) is 4.16. The number of aryl methyl sites for hydroxylation is 1. The molecule has 7 nitrogen and oxygen atoms in total. The Morgan fingerprint density at radius 3 is 2.95 bits per heavy atom. The van der Waals surface area contributed by atoms with Gasteiger partial charge in [0.05, 0.1) is 16.1 Å². The first-order chi connectivity index (χ1) is 10.5. The highest BCUT2D eigenvalue weighted by Crippen LogP contribution is 2.31. The molecule has 1 saturated heterocycles. The van der Waals surface area contributed by atoms with E-state index < -0.39 is 4.92 Å². The summed E-state index contributed by atoms with van der Waals surface area (Å²) in [5.41, 5.74) is 1.14. The molecule has 3 rings (SSSR count). The Morgan fingerprint density at radius 2 is 2.32 bits per heavy atom. The van der Waals surface area contributed by atoms with Gasteiger partial charge in [-0.2, -0.15) is 5.10 Å². The van der Waals surface area contributed by atoms with Crippen LogP contribution in [0, 0.1) is 16.0 Å². The predicted octanol–water partition coefficient (Wildman–Crippen LogP) is 2.45. The third-order valence-electron chi connectivity index (χ3n) is 3.89. The smallest absolute Gasteiger partial charge is 0.289 e. The van der Waals surface area contributed by atoms with Crippen molar-refractivity contribution < 1.29 is 4.92 Å². The molecule has 0 spiro atoms. The molecule has 0 bridgehead atoms. The molecular formula is C14H16ClN5O2. The van der Waals surface area contributed by atoms with Crippen LogP contribution in [0.3, 0.4) is 0 Å². The minimum atomic E-state index is -0.488. The van der Waals surface area contributed by atoms with E-state index >= 15 is 0 Å². The van der Waals surface area contributed by atoms with Crippen LogP contribution >= 0.6 is 11.6 Å². The molecule has 116 valence electrons. The average molecular weight is 322 g/mol. The summed E-state index contributed by atoms with van der Waals surface area (Å²) < 4.78 is 1.80. The Labute approximate surface area is 132 Å². The fourth-order valence-corrected chi connectivity index (χ4v) is 3.14. The van der Waals surface area contributed by atoms with Gasteiger partial charge in [-0.25, -0.2) is 4.98 Å². The number of nitrogens with zero attached hydrogens (tertiary/aromatic N) is 5. The van der Waals surface area contributed by atoms with Crippen LogP contribution in [-0.4, -0.2) is 32.8 Å². The zero-order chi connectivity index (χ0) is 15.7. The lowest BCUT2D eigenvalue weighted by atomic mass is 10.0. The van der Waals surface area contributed by atoms with E-state index in [1.54, 1.807) is 4.68 Å².